The minimum Gasteiger partial charge on any atom is -0.293 e. The number of benzene rings is 2. The lowest BCUT2D eigenvalue weighted by atomic mass is 9.97. The largest absolute Gasteiger partial charge is 0.293 e. The molecule has 0 aliphatic heterocycles. The number of halogens is 1. The van der Waals surface area contributed by atoms with Gasteiger partial charge in [-0.25, -0.2) is 0 Å². The fourth-order valence-corrected chi connectivity index (χ4v) is 2.92. The lowest BCUT2D eigenvalue weighted by molar-refractivity contribution is 0.0997. The topological polar surface area (TPSA) is 17.1 Å². The summed E-state index contributed by atoms with van der Waals surface area (Å²) in [4.78, 5) is 12.0. The Kier molecular flexibility index (Phi) is 2.55. The quantitative estimate of drug-likeness (QED) is 0.605. The number of ketones is 1. The lowest BCUT2D eigenvalue weighted by Crippen LogP contribution is -2.10. The summed E-state index contributed by atoms with van der Waals surface area (Å²) in [5.41, 5.74) is 3.61. The van der Waals surface area contributed by atoms with Crippen LogP contribution in [0.1, 0.15) is 28.4 Å². The highest BCUT2D eigenvalue weighted by Gasteiger charge is 2.20. The van der Waals surface area contributed by atoms with Crippen LogP contribution in [0, 0.1) is 0 Å². The van der Waals surface area contributed by atoms with Crippen molar-refractivity contribution in [3.8, 4) is 0 Å². The zero-order valence-corrected chi connectivity index (χ0v) is 11.3. The smallest absolute Gasteiger partial charge is 0.176 e. The number of rotatable bonds is 2. The Bertz CT molecular complexity index is 603. The molecule has 1 atom stereocenters. The van der Waals surface area contributed by atoms with Crippen LogP contribution in [0.5, 0.6) is 0 Å². The SMILES string of the molecule is CC(Br)C(=O)c1ccc2c3c(cccc13)CC2. The van der Waals surface area contributed by atoms with Gasteiger partial charge in [-0.15, -0.1) is 0 Å². The fourth-order valence-electron chi connectivity index (χ4n) is 2.68. The van der Waals surface area contributed by atoms with Crippen LogP contribution >= 0.6 is 15.9 Å². The summed E-state index contributed by atoms with van der Waals surface area (Å²) in [6.45, 7) is 1.88. The van der Waals surface area contributed by atoms with Crippen LogP contribution in [-0.4, -0.2) is 10.6 Å². The molecule has 0 spiro atoms. The van der Waals surface area contributed by atoms with E-state index in [2.05, 4.69) is 40.2 Å². The van der Waals surface area contributed by atoms with E-state index in [1.54, 1.807) is 0 Å². The Morgan fingerprint density at radius 1 is 1.18 bits per heavy atom. The predicted octanol–water partition coefficient (Wildman–Crippen LogP) is 3.90. The third kappa shape index (κ3) is 1.62. The first-order valence-corrected chi connectivity index (χ1v) is 6.82. The Morgan fingerprint density at radius 3 is 2.59 bits per heavy atom. The van der Waals surface area contributed by atoms with Gasteiger partial charge >= 0.3 is 0 Å². The third-order valence-electron chi connectivity index (χ3n) is 3.50. The van der Waals surface area contributed by atoms with Crippen molar-refractivity contribution >= 4 is 32.5 Å². The maximum Gasteiger partial charge on any atom is 0.176 e. The third-order valence-corrected chi connectivity index (χ3v) is 3.92. The molecule has 2 aromatic rings. The first-order valence-electron chi connectivity index (χ1n) is 5.90. The molecule has 1 aliphatic carbocycles. The van der Waals surface area contributed by atoms with Crippen LogP contribution in [0.3, 0.4) is 0 Å². The summed E-state index contributed by atoms with van der Waals surface area (Å²) >= 11 is 3.37. The average Bonchev–Trinajstić information content (AvgIpc) is 2.74. The van der Waals surface area contributed by atoms with Crippen molar-refractivity contribution in [2.24, 2.45) is 0 Å². The predicted molar refractivity (Wildman–Crippen MR) is 74.1 cm³/mol. The Labute approximate surface area is 109 Å². The number of hydrogen-bond donors (Lipinski definition) is 0. The molecule has 86 valence electrons. The van der Waals surface area contributed by atoms with Gasteiger partial charge in [-0.05, 0) is 41.7 Å². The van der Waals surface area contributed by atoms with E-state index in [1.165, 1.54) is 16.5 Å². The molecule has 1 aliphatic rings. The molecule has 3 rings (SSSR count). The van der Waals surface area contributed by atoms with E-state index in [0.29, 0.717) is 0 Å². The normalized spacial score (nSPS) is 15.2. The van der Waals surface area contributed by atoms with Crippen molar-refractivity contribution in [3.05, 3.63) is 47.0 Å². The molecule has 0 bridgehead atoms. The molecule has 0 aromatic heterocycles. The monoisotopic (exact) mass is 288 g/mol. The van der Waals surface area contributed by atoms with Crippen LogP contribution < -0.4 is 0 Å². The molecule has 2 aromatic carbocycles. The van der Waals surface area contributed by atoms with E-state index in [-0.39, 0.29) is 10.6 Å². The molecule has 0 amide bonds. The van der Waals surface area contributed by atoms with Crippen LogP contribution in [0.4, 0.5) is 0 Å². The van der Waals surface area contributed by atoms with Crippen LogP contribution in [0.25, 0.3) is 10.8 Å². The van der Waals surface area contributed by atoms with Crippen molar-refractivity contribution in [2.45, 2.75) is 24.6 Å². The van der Waals surface area contributed by atoms with Crippen molar-refractivity contribution in [1.29, 1.82) is 0 Å². The van der Waals surface area contributed by atoms with Gasteiger partial charge in [0.25, 0.3) is 0 Å². The fraction of sp³-hybridized carbons (Fsp3) is 0.267. The van der Waals surface area contributed by atoms with Gasteiger partial charge in [-0.3, -0.25) is 4.79 Å². The van der Waals surface area contributed by atoms with Crippen molar-refractivity contribution in [1.82, 2.24) is 0 Å². The summed E-state index contributed by atoms with van der Waals surface area (Å²) in [5.74, 6) is 0.167. The molecule has 1 nitrogen and oxygen atoms in total. The van der Waals surface area contributed by atoms with Crippen LogP contribution in [-0.2, 0) is 12.8 Å². The molecular formula is C15H13BrO. The maximum absolute atomic E-state index is 12.2. The number of carbonyl (C=O) groups excluding carboxylic acids is 1. The van der Waals surface area contributed by atoms with E-state index in [0.717, 1.165) is 23.8 Å². The molecule has 0 radical (unpaired) electrons. The summed E-state index contributed by atoms with van der Waals surface area (Å²) in [6, 6.07) is 10.4. The van der Waals surface area contributed by atoms with E-state index in [4.69, 9.17) is 0 Å². The highest BCUT2D eigenvalue weighted by Crippen LogP contribution is 2.33. The van der Waals surface area contributed by atoms with Crippen molar-refractivity contribution in [2.75, 3.05) is 0 Å². The molecule has 0 saturated heterocycles. The number of hydrogen-bond acceptors (Lipinski definition) is 1. The second kappa shape index (κ2) is 3.95. The van der Waals surface area contributed by atoms with Crippen molar-refractivity contribution < 1.29 is 4.79 Å². The van der Waals surface area contributed by atoms with Gasteiger partial charge in [0.1, 0.15) is 0 Å². The zero-order valence-electron chi connectivity index (χ0n) is 9.66. The molecule has 2 heteroatoms. The highest BCUT2D eigenvalue weighted by atomic mass is 79.9. The summed E-state index contributed by atoms with van der Waals surface area (Å²) in [5, 5.41) is 2.43. The number of Topliss-reactive ketones (excluding diaryl/α,β-unsaturated/α-hetero) is 1. The van der Waals surface area contributed by atoms with Gasteiger partial charge in [-0.2, -0.15) is 0 Å². The minimum absolute atomic E-state index is 0.124. The Hall–Kier alpha value is -1.15. The minimum atomic E-state index is -0.124. The summed E-state index contributed by atoms with van der Waals surface area (Å²) in [7, 11) is 0. The molecule has 0 fully saturated rings. The maximum atomic E-state index is 12.2. The van der Waals surface area contributed by atoms with Gasteiger partial charge in [0.2, 0.25) is 0 Å². The van der Waals surface area contributed by atoms with E-state index in [9.17, 15) is 4.79 Å². The summed E-state index contributed by atoms with van der Waals surface area (Å²) < 4.78 is 0. The second-order valence-electron chi connectivity index (χ2n) is 4.59. The standard InChI is InChI=1S/C15H13BrO/c1-9(16)15(17)13-8-7-11-6-5-10-3-2-4-12(13)14(10)11/h2-4,7-9H,5-6H2,1H3. The summed E-state index contributed by atoms with van der Waals surface area (Å²) in [6.07, 6.45) is 2.21. The molecular weight excluding hydrogens is 276 g/mol. The number of aryl methyl sites for hydroxylation is 2. The number of carbonyl (C=O) groups is 1. The lowest BCUT2D eigenvalue weighted by Gasteiger charge is -2.09. The zero-order chi connectivity index (χ0) is 12.0. The first-order chi connectivity index (χ1) is 8.18. The highest BCUT2D eigenvalue weighted by molar-refractivity contribution is 9.10. The average molecular weight is 289 g/mol. The van der Waals surface area contributed by atoms with Gasteiger partial charge < -0.3 is 0 Å². The Morgan fingerprint density at radius 2 is 1.88 bits per heavy atom. The van der Waals surface area contributed by atoms with Gasteiger partial charge in [0, 0.05) is 5.56 Å². The second-order valence-corrected chi connectivity index (χ2v) is 5.97. The van der Waals surface area contributed by atoms with Crippen molar-refractivity contribution in [3.63, 3.8) is 0 Å². The molecule has 0 saturated carbocycles. The Balaban J connectivity index is 2.32. The van der Waals surface area contributed by atoms with E-state index >= 15 is 0 Å². The van der Waals surface area contributed by atoms with E-state index < -0.39 is 0 Å². The van der Waals surface area contributed by atoms with Gasteiger partial charge in [0.15, 0.2) is 5.78 Å². The molecule has 17 heavy (non-hydrogen) atoms. The van der Waals surface area contributed by atoms with Gasteiger partial charge in [-0.1, -0.05) is 46.3 Å². The first kappa shape index (κ1) is 11.0. The number of alkyl halides is 1. The molecule has 1 unspecified atom stereocenters. The van der Waals surface area contributed by atoms with Crippen LogP contribution in [0.15, 0.2) is 30.3 Å². The van der Waals surface area contributed by atoms with Gasteiger partial charge in [0.05, 0.1) is 4.83 Å². The molecule has 0 N–H and O–H groups in total. The van der Waals surface area contributed by atoms with E-state index in [1.807, 2.05) is 13.0 Å². The molecule has 0 heterocycles. The van der Waals surface area contributed by atoms with Crippen LogP contribution in [0.2, 0.25) is 0 Å².